The van der Waals surface area contributed by atoms with Gasteiger partial charge in [0.25, 0.3) is 5.69 Å². The molecule has 0 atom stereocenters. The van der Waals surface area contributed by atoms with Crippen molar-refractivity contribution in [2.45, 2.75) is 36.5 Å². The molecule has 32 heavy (non-hydrogen) atoms. The van der Waals surface area contributed by atoms with Crippen LogP contribution in [0.15, 0.2) is 47.5 Å². The average molecular weight is 457 g/mol. The highest BCUT2D eigenvalue weighted by Crippen LogP contribution is 2.36. The molecule has 0 bridgehead atoms. The molecule has 4 heterocycles. The lowest BCUT2D eigenvalue weighted by Gasteiger charge is -2.32. The topological polar surface area (TPSA) is 114 Å². The van der Waals surface area contributed by atoms with E-state index >= 15 is 0 Å². The van der Waals surface area contributed by atoms with Gasteiger partial charge in [0, 0.05) is 44.4 Å². The Labute approximate surface area is 185 Å². The van der Waals surface area contributed by atoms with E-state index in [-0.39, 0.29) is 16.5 Å². The highest BCUT2D eigenvalue weighted by Gasteiger charge is 2.32. The fraction of sp³-hybridized carbons (Fsp3) is 0.429. The first-order valence-electron chi connectivity index (χ1n) is 10.8. The molecule has 3 aromatic rings. The van der Waals surface area contributed by atoms with Gasteiger partial charge in [-0.1, -0.05) is 6.07 Å². The zero-order chi connectivity index (χ0) is 22.3. The molecule has 2 aliphatic heterocycles. The van der Waals surface area contributed by atoms with Crippen molar-refractivity contribution < 1.29 is 13.3 Å². The largest absolute Gasteiger partial charge is 0.366 e. The van der Waals surface area contributed by atoms with Gasteiger partial charge in [-0.05, 0) is 49.9 Å². The van der Waals surface area contributed by atoms with Crippen molar-refractivity contribution in [2.75, 3.05) is 31.1 Å². The lowest BCUT2D eigenvalue weighted by atomic mass is 9.95. The number of piperidine rings is 1. The standard InChI is InChI=1S/C21H24N6O4S/c28-27(29)19-15-17(32(30,31)25-10-3-4-11-25)6-7-18(19)24-13-8-16(9-14-24)21-23-22-20-5-1-2-12-26(20)21/h1-2,5-7,12,15-16H,3-4,8-11,13-14H2. The second kappa shape index (κ2) is 8.14. The number of benzene rings is 1. The van der Waals surface area contributed by atoms with Gasteiger partial charge in [-0.2, -0.15) is 4.31 Å². The number of pyridine rings is 1. The maximum absolute atomic E-state index is 12.9. The fourth-order valence-electron chi connectivity index (χ4n) is 4.67. The monoisotopic (exact) mass is 456 g/mol. The summed E-state index contributed by atoms with van der Waals surface area (Å²) in [5, 5.41) is 20.4. The minimum Gasteiger partial charge on any atom is -0.366 e. The van der Waals surface area contributed by atoms with Crippen LogP contribution in [0.4, 0.5) is 11.4 Å². The molecular weight excluding hydrogens is 432 g/mol. The van der Waals surface area contributed by atoms with E-state index in [9.17, 15) is 18.5 Å². The highest BCUT2D eigenvalue weighted by molar-refractivity contribution is 7.89. The van der Waals surface area contributed by atoms with E-state index in [0.717, 1.165) is 37.2 Å². The summed E-state index contributed by atoms with van der Waals surface area (Å²) >= 11 is 0. The lowest BCUT2D eigenvalue weighted by Crippen LogP contribution is -2.34. The van der Waals surface area contributed by atoms with Crippen molar-refractivity contribution in [1.82, 2.24) is 18.9 Å². The number of rotatable bonds is 5. The number of sulfonamides is 1. The molecule has 2 aromatic heterocycles. The molecule has 2 aliphatic rings. The van der Waals surface area contributed by atoms with Crippen LogP contribution in [0.1, 0.15) is 37.4 Å². The molecule has 168 valence electrons. The van der Waals surface area contributed by atoms with Gasteiger partial charge in [-0.3, -0.25) is 14.5 Å². The van der Waals surface area contributed by atoms with E-state index in [1.54, 1.807) is 6.07 Å². The zero-order valence-corrected chi connectivity index (χ0v) is 18.3. The number of aromatic nitrogens is 3. The molecule has 0 amide bonds. The third-order valence-corrected chi connectivity index (χ3v) is 8.28. The Morgan fingerprint density at radius 1 is 1.00 bits per heavy atom. The van der Waals surface area contributed by atoms with Crippen molar-refractivity contribution >= 4 is 27.0 Å². The molecule has 5 rings (SSSR count). The number of anilines is 1. The van der Waals surface area contributed by atoms with E-state index in [4.69, 9.17) is 0 Å². The van der Waals surface area contributed by atoms with E-state index in [0.29, 0.717) is 31.9 Å². The van der Waals surface area contributed by atoms with Crippen LogP contribution in [-0.4, -0.2) is 58.4 Å². The number of nitro groups is 1. The van der Waals surface area contributed by atoms with Gasteiger partial charge in [0.2, 0.25) is 10.0 Å². The normalized spacial score (nSPS) is 18.4. The first-order valence-corrected chi connectivity index (χ1v) is 12.2. The minimum atomic E-state index is -3.71. The Morgan fingerprint density at radius 3 is 2.47 bits per heavy atom. The zero-order valence-electron chi connectivity index (χ0n) is 17.5. The number of hydrogen-bond acceptors (Lipinski definition) is 7. The van der Waals surface area contributed by atoms with Crippen LogP contribution in [-0.2, 0) is 10.0 Å². The number of hydrogen-bond donors (Lipinski definition) is 0. The lowest BCUT2D eigenvalue weighted by molar-refractivity contribution is -0.384. The quantitative estimate of drug-likeness (QED) is 0.428. The molecule has 10 nitrogen and oxygen atoms in total. The summed E-state index contributed by atoms with van der Waals surface area (Å²) in [7, 11) is -3.71. The molecule has 2 saturated heterocycles. The third-order valence-electron chi connectivity index (χ3n) is 6.39. The maximum atomic E-state index is 12.9. The van der Waals surface area contributed by atoms with E-state index < -0.39 is 14.9 Å². The molecule has 11 heteroatoms. The van der Waals surface area contributed by atoms with Gasteiger partial charge in [-0.25, -0.2) is 8.42 Å². The molecule has 0 N–H and O–H groups in total. The van der Waals surface area contributed by atoms with Crippen LogP contribution in [0, 0.1) is 10.1 Å². The van der Waals surface area contributed by atoms with Gasteiger partial charge < -0.3 is 4.90 Å². The summed E-state index contributed by atoms with van der Waals surface area (Å²) in [6.07, 6.45) is 5.13. The van der Waals surface area contributed by atoms with Gasteiger partial charge in [0.15, 0.2) is 5.65 Å². The Morgan fingerprint density at radius 2 is 1.75 bits per heavy atom. The van der Waals surface area contributed by atoms with Crippen molar-refractivity contribution in [2.24, 2.45) is 0 Å². The van der Waals surface area contributed by atoms with Crippen LogP contribution >= 0.6 is 0 Å². The minimum absolute atomic E-state index is 0.0142. The van der Waals surface area contributed by atoms with Crippen LogP contribution in [0.3, 0.4) is 0 Å². The Bertz CT molecular complexity index is 1260. The first-order chi connectivity index (χ1) is 15.4. The van der Waals surface area contributed by atoms with Crippen LogP contribution < -0.4 is 4.90 Å². The van der Waals surface area contributed by atoms with E-state index in [1.807, 2.05) is 33.7 Å². The highest BCUT2D eigenvalue weighted by atomic mass is 32.2. The van der Waals surface area contributed by atoms with Gasteiger partial charge >= 0.3 is 0 Å². The molecular formula is C21H24N6O4S. The predicted octanol–water partition coefficient (Wildman–Crippen LogP) is 2.81. The fourth-order valence-corrected chi connectivity index (χ4v) is 6.21. The van der Waals surface area contributed by atoms with Crippen molar-refractivity contribution in [1.29, 1.82) is 0 Å². The summed E-state index contributed by atoms with van der Waals surface area (Å²) < 4.78 is 29.1. The molecule has 2 fully saturated rings. The van der Waals surface area contributed by atoms with E-state index in [1.165, 1.54) is 16.4 Å². The average Bonchev–Trinajstić information content (AvgIpc) is 3.49. The molecule has 0 radical (unpaired) electrons. The predicted molar refractivity (Wildman–Crippen MR) is 118 cm³/mol. The second-order valence-corrected chi connectivity index (χ2v) is 10.2. The Hall–Kier alpha value is -3.05. The SMILES string of the molecule is O=[N+]([O-])c1cc(S(=O)(=O)N2CCCC2)ccc1N1CCC(c2nnc3ccccn23)CC1. The first kappa shape index (κ1) is 20.8. The number of nitrogens with zero attached hydrogens (tertiary/aromatic N) is 6. The Balaban J connectivity index is 1.37. The Kier molecular flexibility index (Phi) is 5.30. The summed E-state index contributed by atoms with van der Waals surface area (Å²) in [5.74, 6) is 1.11. The van der Waals surface area contributed by atoms with Crippen LogP contribution in [0.25, 0.3) is 5.65 Å². The number of nitro benzene ring substituents is 1. The summed E-state index contributed by atoms with van der Waals surface area (Å²) in [5.41, 5.74) is 1.09. The summed E-state index contributed by atoms with van der Waals surface area (Å²) in [6, 6.07) is 10.1. The smallest absolute Gasteiger partial charge is 0.293 e. The van der Waals surface area contributed by atoms with Crippen molar-refractivity contribution in [3.05, 3.63) is 58.5 Å². The van der Waals surface area contributed by atoms with Crippen LogP contribution in [0.2, 0.25) is 0 Å². The molecule has 0 unspecified atom stereocenters. The summed E-state index contributed by atoms with van der Waals surface area (Å²) in [6.45, 7) is 2.16. The molecule has 0 aliphatic carbocycles. The molecule has 0 spiro atoms. The van der Waals surface area contributed by atoms with Crippen LogP contribution in [0.5, 0.6) is 0 Å². The van der Waals surface area contributed by atoms with Gasteiger partial charge in [0.1, 0.15) is 11.5 Å². The van der Waals surface area contributed by atoms with Crippen molar-refractivity contribution in [3.8, 4) is 0 Å². The maximum Gasteiger partial charge on any atom is 0.293 e. The number of fused-ring (bicyclic) bond motifs is 1. The third kappa shape index (κ3) is 3.61. The molecule has 1 aromatic carbocycles. The van der Waals surface area contributed by atoms with E-state index in [2.05, 4.69) is 10.2 Å². The van der Waals surface area contributed by atoms with Crippen molar-refractivity contribution in [3.63, 3.8) is 0 Å². The molecule has 0 saturated carbocycles. The van der Waals surface area contributed by atoms with Gasteiger partial charge in [0.05, 0.1) is 9.82 Å². The van der Waals surface area contributed by atoms with Gasteiger partial charge in [-0.15, -0.1) is 10.2 Å². The second-order valence-electron chi connectivity index (χ2n) is 8.27. The summed E-state index contributed by atoms with van der Waals surface area (Å²) in [4.78, 5) is 13.3.